The minimum atomic E-state index is -3.97. The Morgan fingerprint density at radius 2 is 1.78 bits per heavy atom. The second-order valence-corrected chi connectivity index (χ2v) is 19.7. The molecule has 3 heterocycles. The van der Waals surface area contributed by atoms with Crippen LogP contribution in [-0.4, -0.2) is 66.4 Å². The van der Waals surface area contributed by atoms with Gasteiger partial charge >= 0.3 is 0 Å². The van der Waals surface area contributed by atoms with Crippen LogP contribution in [0.3, 0.4) is 0 Å². The number of ether oxygens (including phenoxy) is 2. The smallest absolute Gasteiger partial charge is 0.241 e. The van der Waals surface area contributed by atoms with Crippen molar-refractivity contribution in [1.29, 1.82) is 0 Å². The van der Waals surface area contributed by atoms with E-state index in [1.165, 1.54) is 12.1 Å². The monoisotopic (exact) mass is 821 g/mol. The molecule has 0 radical (unpaired) electrons. The summed E-state index contributed by atoms with van der Waals surface area (Å²) in [5, 5.41) is 0.735. The lowest BCUT2D eigenvalue weighted by atomic mass is 9.85. The Morgan fingerprint density at radius 1 is 0.983 bits per heavy atom. The van der Waals surface area contributed by atoms with Crippen LogP contribution in [0.4, 0.5) is 4.39 Å². The van der Waals surface area contributed by atoms with Crippen molar-refractivity contribution in [2.45, 2.75) is 101 Å². The van der Waals surface area contributed by atoms with E-state index in [2.05, 4.69) is 4.72 Å². The van der Waals surface area contributed by atoms with Gasteiger partial charge in [0.2, 0.25) is 21.8 Å². The number of allylic oxidation sites excluding steroid dienone is 2. The molecule has 8 rings (SSSR count). The molecular weight excluding hydrogens is 770 g/mol. The highest BCUT2D eigenvalue weighted by molar-refractivity contribution is 7.91. The number of fused-ring (bicyclic) bond motifs is 3. The average molecular weight is 822 g/mol. The molecule has 10 nitrogen and oxygen atoms in total. The van der Waals surface area contributed by atoms with Gasteiger partial charge in [-0.3, -0.25) is 19.1 Å². The fourth-order valence-corrected chi connectivity index (χ4v) is 10.5. The molecule has 4 aromatic rings. The van der Waals surface area contributed by atoms with E-state index in [0.717, 1.165) is 36.6 Å². The van der Waals surface area contributed by atoms with Crippen molar-refractivity contribution in [3.63, 3.8) is 0 Å². The zero-order valence-electron chi connectivity index (χ0n) is 33.9. The molecule has 1 aromatic heterocycles. The van der Waals surface area contributed by atoms with Crippen LogP contribution in [0.25, 0.3) is 22.2 Å². The van der Waals surface area contributed by atoms with Gasteiger partial charge in [-0.1, -0.05) is 74.4 Å². The summed E-state index contributed by atoms with van der Waals surface area (Å²) in [4.78, 5) is 50.6. The van der Waals surface area contributed by atoms with E-state index in [9.17, 15) is 27.2 Å². The summed E-state index contributed by atoms with van der Waals surface area (Å²) in [5.74, 6) is -0.953. The average Bonchev–Trinajstić information content (AvgIpc) is 4.06. The SMILES string of the molecule is COc1ccc2c(O[C@@H]3C[C@H]4C(=O)C[C@]5(C(=O)NS(=O)(=O)C6(C)CC6)C[C@]5(C)/C=C\CCCCC[C@H](Cc5cccc(F)c5)C(=O)N4C3)cc(-c3ccccc3)nc2c1. The van der Waals surface area contributed by atoms with E-state index in [1.807, 2.05) is 79.7 Å². The maximum atomic E-state index is 14.9. The maximum Gasteiger partial charge on any atom is 0.241 e. The van der Waals surface area contributed by atoms with Gasteiger partial charge in [0.15, 0.2) is 5.78 Å². The number of methoxy groups -OCH3 is 1. The van der Waals surface area contributed by atoms with Gasteiger partial charge in [-0.2, -0.15) is 0 Å². The topological polar surface area (TPSA) is 132 Å². The minimum absolute atomic E-state index is 0.110. The second-order valence-electron chi connectivity index (χ2n) is 17.5. The molecule has 4 aliphatic rings. The third-order valence-electron chi connectivity index (χ3n) is 13.3. The van der Waals surface area contributed by atoms with E-state index in [-0.39, 0.29) is 36.9 Å². The van der Waals surface area contributed by atoms with Crippen molar-refractivity contribution in [2.75, 3.05) is 13.7 Å². The van der Waals surface area contributed by atoms with Gasteiger partial charge in [0, 0.05) is 47.3 Å². The first-order chi connectivity index (χ1) is 28.2. The molecule has 2 amide bonds. The fourth-order valence-electron chi connectivity index (χ4n) is 9.13. The molecule has 5 atom stereocenters. The third-order valence-corrected chi connectivity index (χ3v) is 15.4. The van der Waals surface area contributed by atoms with Gasteiger partial charge in [-0.25, -0.2) is 17.8 Å². The molecule has 2 aliphatic heterocycles. The number of halogens is 1. The number of amides is 2. The van der Waals surface area contributed by atoms with Crippen molar-refractivity contribution in [3.05, 3.63) is 102 Å². The Labute approximate surface area is 345 Å². The first-order valence-corrected chi connectivity index (χ1v) is 22.2. The quantitative estimate of drug-likeness (QED) is 0.168. The molecule has 3 fully saturated rings. The summed E-state index contributed by atoms with van der Waals surface area (Å²) < 4.78 is 54.9. The van der Waals surface area contributed by atoms with Crippen molar-refractivity contribution in [1.82, 2.24) is 14.6 Å². The number of ketones is 1. The van der Waals surface area contributed by atoms with Gasteiger partial charge in [0.05, 0.1) is 41.1 Å². The highest BCUT2D eigenvalue weighted by Crippen LogP contribution is 2.67. The van der Waals surface area contributed by atoms with Crippen LogP contribution in [0.15, 0.2) is 91.0 Å². The van der Waals surface area contributed by atoms with Crippen molar-refractivity contribution in [2.24, 2.45) is 16.7 Å². The number of Topliss-reactive ketones (excluding diaryl/α,β-unsaturated/α-hetero) is 1. The fraction of sp³-hybridized carbons (Fsp3) is 0.447. The molecule has 59 heavy (non-hydrogen) atoms. The number of aromatic nitrogens is 1. The van der Waals surface area contributed by atoms with E-state index in [4.69, 9.17) is 14.5 Å². The summed E-state index contributed by atoms with van der Waals surface area (Å²) in [6.45, 7) is 3.65. The Bertz CT molecular complexity index is 2420. The predicted molar refractivity (Wildman–Crippen MR) is 224 cm³/mol. The highest BCUT2D eigenvalue weighted by Gasteiger charge is 2.69. The number of pyridine rings is 1. The lowest BCUT2D eigenvalue weighted by molar-refractivity contribution is -0.142. The number of rotatable bonds is 9. The van der Waals surface area contributed by atoms with Crippen LogP contribution < -0.4 is 14.2 Å². The molecule has 1 saturated heterocycles. The van der Waals surface area contributed by atoms with Gasteiger partial charge in [-0.05, 0) is 81.7 Å². The van der Waals surface area contributed by atoms with E-state index in [0.29, 0.717) is 60.4 Å². The Balaban J connectivity index is 1.15. The van der Waals surface area contributed by atoms with Crippen molar-refractivity contribution < 1.29 is 36.7 Å². The highest BCUT2D eigenvalue weighted by atomic mass is 32.2. The van der Waals surface area contributed by atoms with Crippen LogP contribution in [0.5, 0.6) is 11.5 Å². The van der Waals surface area contributed by atoms with E-state index >= 15 is 0 Å². The number of sulfonamides is 1. The van der Waals surface area contributed by atoms with E-state index < -0.39 is 49.6 Å². The number of benzene rings is 3. The van der Waals surface area contributed by atoms with Gasteiger partial charge in [-0.15, -0.1) is 0 Å². The number of carbonyl (C=O) groups is 3. The molecule has 12 heteroatoms. The van der Waals surface area contributed by atoms with Gasteiger partial charge in [0.25, 0.3) is 0 Å². The number of nitrogens with zero attached hydrogens (tertiary/aromatic N) is 2. The Kier molecular flexibility index (Phi) is 10.9. The molecule has 2 aliphatic carbocycles. The molecule has 310 valence electrons. The molecular formula is C47H52FN3O7S. The standard InChI is InChI=1S/C47H52FN3O7S/c1-45-20-11-6-4-5-8-16-33(23-31-13-12-17-34(48)24-31)43(53)51-29-36(26-40(51)41(52)28-47(45,30-45)44(54)50-59(55,56)46(2)21-22-46)58-42-27-38(32-14-9-7-10-15-32)49-39-25-35(57-3)18-19-37(39)42/h7,9-15,17-20,24-25,27,33,36,40H,4-6,8,16,21-23,26,28-30H2,1-3H3,(H,50,54)/b20-11-/t33-,36-,40+,45+,47-/m1/s1. The first kappa shape index (κ1) is 40.7. The minimum Gasteiger partial charge on any atom is -0.497 e. The molecule has 0 bridgehead atoms. The Hall–Kier alpha value is -5.10. The number of hydrogen-bond acceptors (Lipinski definition) is 8. The Morgan fingerprint density at radius 3 is 2.53 bits per heavy atom. The lowest BCUT2D eigenvalue weighted by Crippen LogP contribution is -2.47. The molecule has 0 spiro atoms. The molecule has 1 N–H and O–H groups in total. The summed E-state index contributed by atoms with van der Waals surface area (Å²) >= 11 is 0. The molecule has 0 unspecified atom stereocenters. The van der Waals surface area contributed by atoms with Crippen LogP contribution in [0.2, 0.25) is 0 Å². The summed E-state index contributed by atoms with van der Waals surface area (Å²) in [7, 11) is -2.38. The van der Waals surface area contributed by atoms with Crippen LogP contribution in [0, 0.1) is 22.6 Å². The zero-order valence-corrected chi connectivity index (χ0v) is 34.7. The van der Waals surface area contributed by atoms with Crippen LogP contribution in [-0.2, 0) is 30.8 Å². The summed E-state index contributed by atoms with van der Waals surface area (Å²) in [5.41, 5.74) is 0.857. The first-order valence-electron chi connectivity index (χ1n) is 20.8. The molecule has 2 saturated carbocycles. The van der Waals surface area contributed by atoms with Crippen LogP contribution in [0.1, 0.15) is 83.6 Å². The summed E-state index contributed by atoms with van der Waals surface area (Å²) in [6, 6.07) is 22.5. The maximum absolute atomic E-state index is 14.9. The largest absolute Gasteiger partial charge is 0.497 e. The normalized spacial score (nSPS) is 27.5. The third kappa shape index (κ3) is 8.12. The second kappa shape index (κ2) is 15.8. The number of nitrogens with one attached hydrogen (secondary N) is 1. The van der Waals surface area contributed by atoms with Gasteiger partial charge in [0.1, 0.15) is 23.4 Å². The number of carbonyl (C=O) groups excluding carboxylic acids is 3. The van der Waals surface area contributed by atoms with Gasteiger partial charge < -0.3 is 14.4 Å². The zero-order chi connectivity index (χ0) is 41.6. The number of hydrogen-bond donors (Lipinski definition) is 1. The summed E-state index contributed by atoms with van der Waals surface area (Å²) in [6.07, 6.45) is 8.65. The van der Waals surface area contributed by atoms with E-state index in [1.54, 1.807) is 25.0 Å². The predicted octanol–water partition coefficient (Wildman–Crippen LogP) is 8.13. The molecule has 3 aromatic carbocycles. The van der Waals surface area contributed by atoms with Crippen molar-refractivity contribution >= 4 is 38.5 Å². The van der Waals surface area contributed by atoms with Crippen LogP contribution >= 0.6 is 0 Å². The lowest BCUT2D eigenvalue weighted by Gasteiger charge is -2.29. The van der Waals surface area contributed by atoms with Crippen molar-refractivity contribution in [3.8, 4) is 22.8 Å².